The lowest BCUT2D eigenvalue weighted by molar-refractivity contribution is -0.144. The van der Waals surface area contributed by atoms with Crippen molar-refractivity contribution in [1.82, 2.24) is 0 Å². The molecule has 1 fully saturated rings. The van der Waals surface area contributed by atoms with Crippen LogP contribution in [0.25, 0.3) is 0 Å². The van der Waals surface area contributed by atoms with E-state index in [0.29, 0.717) is 12.3 Å². The van der Waals surface area contributed by atoms with Crippen molar-refractivity contribution in [2.75, 3.05) is 5.32 Å². The van der Waals surface area contributed by atoms with Gasteiger partial charge in [-0.2, -0.15) is 0 Å². The Morgan fingerprint density at radius 2 is 2.17 bits per heavy atom. The summed E-state index contributed by atoms with van der Waals surface area (Å²) in [6.07, 6.45) is 4.65. The van der Waals surface area contributed by atoms with Crippen LogP contribution in [0.15, 0.2) is 30.3 Å². The quantitative estimate of drug-likeness (QED) is 0.855. The Morgan fingerprint density at radius 1 is 1.44 bits per heavy atom. The molecule has 2 N–H and O–H groups in total. The van der Waals surface area contributed by atoms with E-state index >= 15 is 0 Å². The summed E-state index contributed by atoms with van der Waals surface area (Å²) in [5, 5.41) is 12.9. The Balaban J connectivity index is 2.19. The zero-order valence-corrected chi connectivity index (χ0v) is 10.9. The van der Waals surface area contributed by atoms with Gasteiger partial charge in [0.05, 0.1) is 0 Å². The number of aliphatic carboxylic acids is 1. The van der Waals surface area contributed by atoms with Crippen LogP contribution >= 0.6 is 0 Å². The first kappa shape index (κ1) is 12.9. The molecule has 0 saturated heterocycles. The Kier molecular flexibility index (Phi) is 3.90. The molecule has 0 heterocycles. The first-order chi connectivity index (χ1) is 8.66. The molecule has 1 aliphatic carbocycles. The minimum absolute atomic E-state index is 0.520. The summed E-state index contributed by atoms with van der Waals surface area (Å²) in [5.41, 5.74) is 0.122. The van der Waals surface area contributed by atoms with Gasteiger partial charge in [-0.3, -0.25) is 0 Å². The Morgan fingerprint density at radius 3 is 2.78 bits per heavy atom. The van der Waals surface area contributed by atoms with Crippen molar-refractivity contribution in [3.8, 4) is 0 Å². The molecule has 0 aromatic heterocycles. The normalized spacial score (nSPS) is 27.7. The zero-order valence-electron chi connectivity index (χ0n) is 10.9. The van der Waals surface area contributed by atoms with Gasteiger partial charge < -0.3 is 10.4 Å². The van der Waals surface area contributed by atoms with E-state index in [0.717, 1.165) is 31.4 Å². The number of carboxylic acid groups (broad SMARTS) is 1. The molecule has 2 rings (SSSR count). The molecule has 18 heavy (non-hydrogen) atoms. The fourth-order valence-corrected chi connectivity index (χ4v) is 2.90. The molecule has 0 radical (unpaired) electrons. The van der Waals surface area contributed by atoms with Crippen molar-refractivity contribution in [1.29, 1.82) is 0 Å². The van der Waals surface area contributed by atoms with Crippen LogP contribution in [0, 0.1) is 5.92 Å². The molecule has 2 atom stereocenters. The third-order valence-electron chi connectivity index (χ3n) is 4.00. The SMILES string of the molecule is CCC1CCCC(Nc2ccccc2)(C(=O)O)C1. The number of hydrogen-bond acceptors (Lipinski definition) is 2. The number of para-hydroxylation sites is 1. The van der Waals surface area contributed by atoms with E-state index in [-0.39, 0.29) is 0 Å². The predicted molar refractivity (Wildman–Crippen MR) is 72.7 cm³/mol. The molecular formula is C15H21NO2. The average Bonchev–Trinajstić information content (AvgIpc) is 2.40. The van der Waals surface area contributed by atoms with Crippen LogP contribution in [0.4, 0.5) is 5.69 Å². The number of hydrogen-bond donors (Lipinski definition) is 2. The summed E-state index contributed by atoms with van der Waals surface area (Å²) in [6, 6.07) is 9.66. The first-order valence-electron chi connectivity index (χ1n) is 6.73. The molecule has 3 heteroatoms. The van der Waals surface area contributed by atoms with Gasteiger partial charge >= 0.3 is 5.97 Å². The van der Waals surface area contributed by atoms with E-state index < -0.39 is 11.5 Å². The summed E-state index contributed by atoms with van der Waals surface area (Å²) in [7, 11) is 0. The van der Waals surface area contributed by atoms with E-state index in [9.17, 15) is 9.90 Å². The van der Waals surface area contributed by atoms with Gasteiger partial charge in [0, 0.05) is 5.69 Å². The number of carboxylic acids is 1. The summed E-state index contributed by atoms with van der Waals surface area (Å²) < 4.78 is 0. The van der Waals surface area contributed by atoms with Crippen molar-refractivity contribution in [3.05, 3.63) is 30.3 Å². The number of nitrogens with one attached hydrogen (secondary N) is 1. The predicted octanol–water partition coefficient (Wildman–Crippen LogP) is 3.52. The fourth-order valence-electron chi connectivity index (χ4n) is 2.90. The van der Waals surface area contributed by atoms with Crippen molar-refractivity contribution >= 4 is 11.7 Å². The average molecular weight is 247 g/mol. The van der Waals surface area contributed by atoms with Crippen molar-refractivity contribution in [2.45, 2.75) is 44.6 Å². The Hall–Kier alpha value is -1.51. The van der Waals surface area contributed by atoms with Crippen molar-refractivity contribution < 1.29 is 9.90 Å². The minimum Gasteiger partial charge on any atom is -0.480 e. The lowest BCUT2D eigenvalue weighted by Gasteiger charge is -2.38. The molecule has 0 aliphatic heterocycles. The summed E-state index contributed by atoms with van der Waals surface area (Å²) in [4.78, 5) is 11.7. The van der Waals surface area contributed by atoms with Crippen LogP contribution in [-0.2, 0) is 4.79 Å². The fraction of sp³-hybridized carbons (Fsp3) is 0.533. The maximum Gasteiger partial charge on any atom is 0.329 e. The van der Waals surface area contributed by atoms with Gasteiger partial charge in [-0.1, -0.05) is 44.4 Å². The van der Waals surface area contributed by atoms with Crippen molar-refractivity contribution in [2.24, 2.45) is 5.92 Å². The zero-order chi connectivity index (χ0) is 13.0. The van der Waals surface area contributed by atoms with Gasteiger partial charge in [-0.15, -0.1) is 0 Å². The summed E-state index contributed by atoms with van der Waals surface area (Å²) in [5.74, 6) is -0.199. The Labute approximate surface area is 108 Å². The molecule has 3 nitrogen and oxygen atoms in total. The van der Waals surface area contributed by atoms with Crippen LogP contribution in [-0.4, -0.2) is 16.6 Å². The lowest BCUT2D eigenvalue weighted by Crippen LogP contribution is -2.49. The van der Waals surface area contributed by atoms with Gasteiger partial charge in [0.1, 0.15) is 5.54 Å². The second-order valence-electron chi connectivity index (χ2n) is 5.25. The molecule has 1 aliphatic rings. The topological polar surface area (TPSA) is 49.3 Å². The lowest BCUT2D eigenvalue weighted by atomic mass is 9.74. The maximum absolute atomic E-state index is 11.7. The molecule has 2 unspecified atom stereocenters. The van der Waals surface area contributed by atoms with Crippen LogP contribution in [0.2, 0.25) is 0 Å². The Bertz CT molecular complexity index is 404. The minimum atomic E-state index is -0.777. The van der Waals surface area contributed by atoms with Gasteiger partial charge in [0.2, 0.25) is 0 Å². The maximum atomic E-state index is 11.7. The standard InChI is InChI=1S/C15H21NO2/c1-2-12-7-6-10-15(11-12,14(17)18)16-13-8-4-3-5-9-13/h3-5,8-9,12,16H,2,6-7,10-11H2,1H3,(H,17,18). The molecule has 98 valence electrons. The second kappa shape index (κ2) is 5.42. The van der Waals surface area contributed by atoms with Crippen LogP contribution in [0.1, 0.15) is 39.0 Å². The molecule has 1 saturated carbocycles. The van der Waals surface area contributed by atoms with Crippen LogP contribution in [0.5, 0.6) is 0 Å². The van der Waals surface area contributed by atoms with Gasteiger partial charge in [-0.25, -0.2) is 4.79 Å². The second-order valence-corrected chi connectivity index (χ2v) is 5.25. The summed E-state index contributed by atoms with van der Waals surface area (Å²) >= 11 is 0. The van der Waals surface area contributed by atoms with E-state index in [1.807, 2.05) is 30.3 Å². The van der Waals surface area contributed by atoms with Crippen LogP contribution < -0.4 is 5.32 Å². The van der Waals surface area contributed by atoms with E-state index in [2.05, 4.69) is 12.2 Å². The molecule has 0 spiro atoms. The van der Waals surface area contributed by atoms with Gasteiger partial charge in [-0.05, 0) is 30.9 Å². The third kappa shape index (κ3) is 2.66. The highest BCUT2D eigenvalue weighted by Gasteiger charge is 2.42. The highest BCUT2D eigenvalue weighted by Crippen LogP contribution is 2.36. The third-order valence-corrected chi connectivity index (χ3v) is 4.00. The highest BCUT2D eigenvalue weighted by molar-refractivity contribution is 5.83. The van der Waals surface area contributed by atoms with E-state index in [1.165, 1.54) is 0 Å². The van der Waals surface area contributed by atoms with E-state index in [1.54, 1.807) is 0 Å². The first-order valence-corrected chi connectivity index (χ1v) is 6.73. The number of carbonyl (C=O) groups is 1. The smallest absolute Gasteiger partial charge is 0.329 e. The molecular weight excluding hydrogens is 226 g/mol. The summed E-state index contributed by atoms with van der Waals surface area (Å²) in [6.45, 7) is 2.14. The van der Waals surface area contributed by atoms with Gasteiger partial charge in [0.15, 0.2) is 0 Å². The molecule has 1 aromatic carbocycles. The van der Waals surface area contributed by atoms with Crippen LogP contribution in [0.3, 0.4) is 0 Å². The van der Waals surface area contributed by atoms with E-state index in [4.69, 9.17) is 0 Å². The molecule has 0 bridgehead atoms. The number of benzene rings is 1. The van der Waals surface area contributed by atoms with Gasteiger partial charge in [0.25, 0.3) is 0 Å². The molecule has 1 aromatic rings. The number of rotatable bonds is 4. The number of anilines is 1. The largest absolute Gasteiger partial charge is 0.480 e. The monoisotopic (exact) mass is 247 g/mol. The van der Waals surface area contributed by atoms with Crippen molar-refractivity contribution in [3.63, 3.8) is 0 Å². The highest BCUT2D eigenvalue weighted by atomic mass is 16.4. The molecule has 0 amide bonds.